The number of nitro groups is 1. The van der Waals surface area contributed by atoms with E-state index in [1.165, 1.54) is 12.1 Å². The van der Waals surface area contributed by atoms with Crippen LogP contribution in [0, 0.1) is 10.1 Å². The molecule has 3 rings (SSSR count). The molecular formula is C16H22ClN7O4. The zero-order valence-corrected chi connectivity index (χ0v) is 16.1. The van der Waals surface area contributed by atoms with Gasteiger partial charge in [-0.05, 0) is 12.6 Å². The van der Waals surface area contributed by atoms with Crippen LogP contribution in [0.5, 0.6) is 0 Å². The molecule has 2 heterocycles. The first-order valence-electron chi connectivity index (χ1n) is 8.51. The zero-order valence-electron chi connectivity index (χ0n) is 15.3. The van der Waals surface area contributed by atoms with Gasteiger partial charge in [-0.3, -0.25) is 15.0 Å². The fourth-order valence-corrected chi connectivity index (χ4v) is 2.71. The topological polar surface area (TPSA) is 138 Å². The third-order valence-electron chi connectivity index (χ3n) is 4.29. The second-order valence-electron chi connectivity index (χ2n) is 6.21. The van der Waals surface area contributed by atoms with Gasteiger partial charge in [0.05, 0.1) is 17.5 Å². The van der Waals surface area contributed by atoms with Gasteiger partial charge in [0.15, 0.2) is 5.82 Å². The van der Waals surface area contributed by atoms with Crippen LogP contribution in [0.4, 0.5) is 10.5 Å². The summed E-state index contributed by atoms with van der Waals surface area (Å²) in [6.07, 6.45) is 0. The van der Waals surface area contributed by atoms with Crippen LogP contribution in [0.1, 0.15) is 23.3 Å². The van der Waals surface area contributed by atoms with Crippen LogP contribution >= 0.6 is 12.4 Å². The lowest BCUT2D eigenvalue weighted by atomic mass is 10.2. The number of carbonyl (C=O) groups excluding carboxylic acids is 1. The highest BCUT2D eigenvalue weighted by Crippen LogP contribution is 2.17. The first-order valence-corrected chi connectivity index (χ1v) is 8.51. The van der Waals surface area contributed by atoms with Crippen molar-refractivity contribution in [2.75, 3.05) is 26.7 Å². The average Bonchev–Trinajstić information content (AvgIpc) is 3.14. The van der Waals surface area contributed by atoms with Crippen molar-refractivity contribution in [3.05, 3.63) is 51.7 Å². The largest absolute Gasteiger partial charge is 0.337 e. The van der Waals surface area contributed by atoms with Crippen molar-refractivity contribution in [1.82, 2.24) is 31.0 Å². The molecule has 1 saturated heterocycles. The van der Waals surface area contributed by atoms with E-state index in [1.807, 2.05) is 7.05 Å². The monoisotopic (exact) mass is 411 g/mol. The summed E-state index contributed by atoms with van der Waals surface area (Å²) in [5, 5.41) is 23.2. The summed E-state index contributed by atoms with van der Waals surface area (Å²) in [6.45, 7) is 2.94. The lowest BCUT2D eigenvalue weighted by molar-refractivity contribution is -0.384. The van der Waals surface area contributed by atoms with Gasteiger partial charge >= 0.3 is 6.03 Å². The van der Waals surface area contributed by atoms with Crippen molar-refractivity contribution < 1.29 is 14.2 Å². The highest BCUT2D eigenvalue weighted by molar-refractivity contribution is 5.85. The molecule has 1 aromatic carbocycles. The smallest absolute Gasteiger partial charge is 0.315 e. The number of hydrogen-bond donors (Lipinski definition) is 3. The number of carbonyl (C=O) groups is 1. The highest BCUT2D eigenvalue weighted by Gasteiger charge is 2.25. The molecule has 1 atom stereocenters. The standard InChI is InChI=1S/C16H21N7O4.ClH/c1-22-7-6-17-9-13(22)15-20-14(27-21-15)10-19-16(24)18-8-11-2-4-12(5-3-11)23(25)26;/h2-5,13,17H,6-10H2,1H3,(H2,18,19,24);1H. The van der Waals surface area contributed by atoms with Crippen molar-refractivity contribution in [2.45, 2.75) is 19.1 Å². The van der Waals surface area contributed by atoms with E-state index in [1.54, 1.807) is 12.1 Å². The van der Waals surface area contributed by atoms with Gasteiger partial charge in [-0.25, -0.2) is 4.79 Å². The van der Waals surface area contributed by atoms with E-state index in [0.29, 0.717) is 11.7 Å². The first-order chi connectivity index (χ1) is 13.0. The second-order valence-corrected chi connectivity index (χ2v) is 6.21. The van der Waals surface area contributed by atoms with Crippen molar-refractivity contribution in [3.8, 4) is 0 Å². The minimum Gasteiger partial charge on any atom is -0.337 e. The summed E-state index contributed by atoms with van der Waals surface area (Å²) in [5.74, 6) is 0.919. The second kappa shape index (κ2) is 9.97. The molecule has 2 aromatic rings. The summed E-state index contributed by atoms with van der Waals surface area (Å²) < 4.78 is 5.19. The van der Waals surface area contributed by atoms with E-state index in [0.717, 1.165) is 25.2 Å². The zero-order chi connectivity index (χ0) is 19.2. The Kier molecular flexibility index (Phi) is 7.67. The fraction of sp³-hybridized carbons (Fsp3) is 0.438. The van der Waals surface area contributed by atoms with Crippen LogP contribution in [-0.2, 0) is 13.1 Å². The van der Waals surface area contributed by atoms with Crippen LogP contribution in [0.15, 0.2) is 28.8 Å². The number of urea groups is 1. The number of non-ortho nitro benzene ring substituents is 1. The van der Waals surface area contributed by atoms with Gasteiger partial charge in [0.2, 0.25) is 5.89 Å². The maximum atomic E-state index is 11.9. The van der Waals surface area contributed by atoms with Crippen molar-refractivity contribution >= 4 is 24.1 Å². The Bertz CT molecular complexity index is 799. The molecule has 0 saturated carbocycles. The number of nitrogens with one attached hydrogen (secondary N) is 3. The predicted molar refractivity (Wildman–Crippen MR) is 102 cm³/mol. The maximum Gasteiger partial charge on any atom is 0.315 e. The minimum atomic E-state index is -0.469. The number of likely N-dealkylation sites (N-methyl/N-ethyl adjacent to an activating group) is 1. The van der Waals surface area contributed by atoms with E-state index in [9.17, 15) is 14.9 Å². The van der Waals surface area contributed by atoms with E-state index < -0.39 is 11.0 Å². The normalized spacial score (nSPS) is 16.8. The minimum absolute atomic E-state index is 0. The van der Waals surface area contributed by atoms with E-state index in [2.05, 4.69) is 31.0 Å². The lowest BCUT2D eigenvalue weighted by Gasteiger charge is -2.30. The van der Waals surface area contributed by atoms with Gasteiger partial charge in [-0.1, -0.05) is 17.3 Å². The molecule has 1 aliphatic rings. The Morgan fingerprint density at radius 3 is 2.75 bits per heavy atom. The molecule has 1 unspecified atom stereocenters. The number of rotatable bonds is 6. The summed E-state index contributed by atoms with van der Waals surface area (Å²) in [6, 6.07) is 5.63. The molecule has 0 spiro atoms. The molecule has 11 nitrogen and oxygen atoms in total. The summed E-state index contributed by atoms with van der Waals surface area (Å²) in [7, 11) is 2.01. The van der Waals surface area contributed by atoms with Gasteiger partial charge in [0, 0.05) is 38.3 Å². The summed E-state index contributed by atoms with van der Waals surface area (Å²) in [4.78, 5) is 28.5. The molecular weight excluding hydrogens is 390 g/mol. The quantitative estimate of drug-likeness (QED) is 0.472. The summed E-state index contributed by atoms with van der Waals surface area (Å²) >= 11 is 0. The van der Waals surface area contributed by atoms with Crippen molar-refractivity contribution in [1.29, 1.82) is 0 Å². The first kappa shape index (κ1) is 21.5. The Morgan fingerprint density at radius 2 is 2.07 bits per heavy atom. The number of piperazine rings is 1. The van der Waals surface area contributed by atoms with Crippen LogP contribution in [0.25, 0.3) is 0 Å². The van der Waals surface area contributed by atoms with E-state index in [-0.39, 0.29) is 37.2 Å². The fourth-order valence-electron chi connectivity index (χ4n) is 2.71. The van der Waals surface area contributed by atoms with Crippen molar-refractivity contribution in [2.24, 2.45) is 0 Å². The number of nitro benzene ring substituents is 1. The van der Waals surface area contributed by atoms with Crippen LogP contribution in [0.2, 0.25) is 0 Å². The maximum absolute atomic E-state index is 11.9. The Hall–Kier alpha value is -2.76. The number of halogens is 1. The van der Waals surface area contributed by atoms with Crippen LogP contribution in [0.3, 0.4) is 0 Å². The number of benzene rings is 1. The number of hydrogen-bond acceptors (Lipinski definition) is 8. The number of aromatic nitrogens is 2. The van der Waals surface area contributed by atoms with Gasteiger partial charge in [0.1, 0.15) is 0 Å². The van der Waals surface area contributed by atoms with Gasteiger partial charge in [0.25, 0.3) is 5.69 Å². The molecule has 3 N–H and O–H groups in total. The van der Waals surface area contributed by atoms with Crippen LogP contribution < -0.4 is 16.0 Å². The third-order valence-corrected chi connectivity index (χ3v) is 4.29. The van der Waals surface area contributed by atoms with Gasteiger partial charge in [-0.15, -0.1) is 12.4 Å². The predicted octanol–water partition coefficient (Wildman–Crippen LogP) is 0.975. The molecule has 2 amide bonds. The molecule has 1 fully saturated rings. The van der Waals surface area contributed by atoms with Crippen LogP contribution in [-0.4, -0.2) is 52.7 Å². The highest BCUT2D eigenvalue weighted by atomic mass is 35.5. The Balaban J connectivity index is 0.00000280. The molecule has 28 heavy (non-hydrogen) atoms. The Morgan fingerprint density at radius 1 is 1.36 bits per heavy atom. The van der Waals surface area contributed by atoms with Gasteiger partial charge in [-0.2, -0.15) is 4.98 Å². The molecule has 0 aliphatic carbocycles. The molecule has 1 aliphatic heterocycles. The molecule has 152 valence electrons. The third kappa shape index (κ3) is 5.62. The SMILES string of the molecule is CN1CCNCC1c1noc(CNC(=O)NCc2ccc([N+](=O)[O-])cc2)n1.Cl. The van der Waals surface area contributed by atoms with E-state index in [4.69, 9.17) is 4.52 Å². The Labute approximate surface area is 167 Å². The number of amides is 2. The molecule has 0 bridgehead atoms. The average molecular weight is 412 g/mol. The van der Waals surface area contributed by atoms with Gasteiger partial charge < -0.3 is 20.5 Å². The molecule has 12 heteroatoms. The van der Waals surface area contributed by atoms with E-state index >= 15 is 0 Å². The molecule has 0 radical (unpaired) electrons. The number of nitrogens with zero attached hydrogens (tertiary/aromatic N) is 4. The summed E-state index contributed by atoms with van der Waals surface area (Å²) in [5.41, 5.74) is 0.762. The van der Waals surface area contributed by atoms with Crippen molar-refractivity contribution in [3.63, 3.8) is 0 Å². The molecule has 1 aromatic heterocycles. The lowest BCUT2D eigenvalue weighted by Crippen LogP contribution is -2.44.